The summed E-state index contributed by atoms with van der Waals surface area (Å²) < 4.78 is 12.0. The van der Waals surface area contributed by atoms with Crippen molar-refractivity contribution in [2.45, 2.75) is 24.5 Å². The van der Waals surface area contributed by atoms with Crippen molar-refractivity contribution in [3.8, 4) is 11.3 Å². The van der Waals surface area contributed by atoms with Gasteiger partial charge in [-0.25, -0.2) is 4.79 Å². The maximum atomic E-state index is 12.2. The SMILES string of the molecule is CO[C@@H]1[C@H](O)[C@@H](CO)O[C@H]1n1cc(-c2ccc[nH]2)c(N)nc1=O. The minimum Gasteiger partial charge on any atom is -0.394 e. The van der Waals surface area contributed by atoms with Crippen molar-refractivity contribution in [2.24, 2.45) is 0 Å². The lowest BCUT2D eigenvalue weighted by Gasteiger charge is -2.21. The number of hydrogen-bond donors (Lipinski definition) is 4. The van der Waals surface area contributed by atoms with Gasteiger partial charge in [0, 0.05) is 19.5 Å². The zero-order chi connectivity index (χ0) is 16.6. The number of aromatic nitrogens is 3. The van der Waals surface area contributed by atoms with Crippen LogP contribution >= 0.6 is 0 Å². The van der Waals surface area contributed by atoms with Gasteiger partial charge < -0.3 is 30.4 Å². The Hall–Kier alpha value is -2.20. The molecule has 1 fully saturated rings. The monoisotopic (exact) mass is 322 g/mol. The second kappa shape index (κ2) is 6.13. The highest BCUT2D eigenvalue weighted by Crippen LogP contribution is 2.31. The molecule has 0 bridgehead atoms. The van der Waals surface area contributed by atoms with Gasteiger partial charge in [-0.15, -0.1) is 0 Å². The average molecular weight is 322 g/mol. The molecule has 1 aliphatic rings. The molecule has 2 aromatic rings. The molecule has 0 saturated carbocycles. The van der Waals surface area contributed by atoms with Gasteiger partial charge in [-0.3, -0.25) is 4.57 Å². The summed E-state index contributed by atoms with van der Waals surface area (Å²) in [5, 5.41) is 19.4. The van der Waals surface area contributed by atoms with Crippen LogP contribution in [-0.2, 0) is 9.47 Å². The van der Waals surface area contributed by atoms with Crippen LogP contribution in [0, 0.1) is 0 Å². The van der Waals surface area contributed by atoms with E-state index in [0.717, 1.165) is 0 Å². The van der Waals surface area contributed by atoms with Crippen LogP contribution in [0.15, 0.2) is 29.3 Å². The van der Waals surface area contributed by atoms with Gasteiger partial charge in [0.25, 0.3) is 0 Å². The minimum absolute atomic E-state index is 0.0833. The van der Waals surface area contributed by atoms with Gasteiger partial charge in [-0.05, 0) is 12.1 Å². The Morgan fingerprint density at radius 3 is 2.96 bits per heavy atom. The van der Waals surface area contributed by atoms with E-state index in [-0.39, 0.29) is 5.82 Å². The van der Waals surface area contributed by atoms with Crippen LogP contribution in [0.25, 0.3) is 11.3 Å². The summed E-state index contributed by atoms with van der Waals surface area (Å²) in [7, 11) is 1.39. The zero-order valence-electron chi connectivity index (χ0n) is 12.4. The maximum absolute atomic E-state index is 12.2. The van der Waals surface area contributed by atoms with Crippen molar-refractivity contribution in [1.29, 1.82) is 0 Å². The van der Waals surface area contributed by atoms with Crippen LogP contribution in [0.2, 0.25) is 0 Å². The third-order valence-electron chi connectivity index (χ3n) is 3.91. The Bertz CT molecular complexity index is 729. The van der Waals surface area contributed by atoms with E-state index in [0.29, 0.717) is 11.3 Å². The number of nitrogens with one attached hydrogen (secondary N) is 1. The number of nitrogens with two attached hydrogens (primary N) is 1. The molecule has 9 heteroatoms. The van der Waals surface area contributed by atoms with Crippen molar-refractivity contribution >= 4 is 5.82 Å². The molecule has 9 nitrogen and oxygen atoms in total. The lowest BCUT2D eigenvalue weighted by Crippen LogP contribution is -2.37. The van der Waals surface area contributed by atoms with Gasteiger partial charge in [0.2, 0.25) is 0 Å². The number of rotatable bonds is 4. The molecule has 0 unspecified atom stereocenters. The normalized spacial score (nSPS) is 27.4. The maximum Gasteiger partial charge on any atom is 0.351 e. The third-order valence-corrected chi connectivity index (χ3v) is 3.91. The molecule has 0 aliphatic carbocycles. The van der Waals surface area contributed by atoms with E-state index in [9.17, 15) is 15.0 Å². The second-order valence-corrected chi connectivity index (χ2v) is 5.25. The lowest BCUT2D eigenvalue weighted by atomic mass is 10.1. The number of aliphatic hydroxyl groups excluding tert-OH is 2. The van der Waals surface area contributed by atoms with Gasteiger partial charge in [0.15, 0.2) is 6.23 Å². The van der Waals surface area contributed by atoms with Crippen molar-refractivity contribution in [1.82, 2.24) is 14.5 Å². The fraction of sp³-hybridized carbons (Fsp3) is 0.429. The molecule has 2 aromatic heterocycles. The summed E-state index contributed by atoms with van der Waals surface area (Å²) in [4.78, 5) is 19.0. The van der Waals surface area contributed by atoms with Gasteiger partial charge in [-0.1, -0.05) is 0 Å². The molecule has 0 radical (unpaired) electrons. The summed E-state index contributed by atoms with van der Waals surface area (Å²) >= 11 is 0. The van der Waals surface area contributed by atoms with Crippen LogP contribution in [-0.4, -0.2) is 56.8 Å². The number of hydrogen-bond acceptors (Lipinski definition) is 7. The number of ether oxygens (including phenoxy) is 2. The molecule has 1 saturated heterocycles. The molecule has 0 aromatic carbocycles. The number of methoxy groups -OCH3 is 1. The number of nitrogens with zero attached hydrogens (tertiary/aromatic N) is 2. The fourth-order valence-corrected chi connectivity index (χ4v) is 2.72. The van der Waals surface area contributed by atoms with Crippen molar-refractivity contribution in [3.63, 3.8) is 0 Å². The Morgan fingerprint density at radius 2 is 2.35 bits per heavy atom. The molecule has 0 amide bonds. The summed E-state index contributed by atoms with van der Waals surface area (Å²) in [6.45, 7) is -0.391. The highest BCUT2D eigenvalue weighted by molar-refractivity contribution is 5.69. The standard InChI is InChI=1S/C14H18N4O5/c1-22-11-10(20)9(6-19)23-13(11)18-5-7(8-3-2-4-16-8)12(15)17-14(18)21/h2-5,9-11,13,16,19-20H,6H2,1H3,(H2,15,17,21)/t9-,10-,11-,13-/m1/s1. The summed E-state index contributed by atoms with van der Waals surface area (Å²) in [6, 6.07) is 3.58. The van der Waals surface area contributed by atoms with E-state index in [1.54, 1.807) is 18.3 Å². The van der Waals surface area contributed by atoms with Gasteiger partial charge in [0.05, 0.1) is 17.9 Å². The van der Waals surface area contributed by atoms with Crippen molar-refractivity contribution < 1.29 is 19.7 Å². The molecule has 0 spiro atoms. The molecule has 5 N–H and O–H groups in total. The predicted molar refractivity (Wildman–Crippen MR) is 80.5 cm³/mol. The minimum atomic E-state index is -1.06. The number of H-pyrrole nitrogens is 1. The Kier molecular flexibility index (Phi) is 4.18. The van der Waals surface area contributed by atoms with E-state index in [4.69, 9.17) is 15.2 Å². The van der Waals surface area contributed by atoms with E-state index in [1.165, 1.54) is 17.9 Å². The zero-order valence-corrected chi connectivity index (χ0v) is 12.4. The van der Waals surface area contributed by atoms with Gasteiger partial charge >= 0.3 is 5.69 Å². The number of aliphatic hydroxyl groups is 2. The van der Waals surface area contributed by atoms with E-state index >= 15 is 0 Å². The molecule has 124 valence electrons. The lowest BCUT2D eigenvalue weighted by molar-refractivity contribution is -0.0623. The van der Waals surface area contributed by atoms with Crippen LogP contribution in [0.3, 0.4) is 0 Å². The first kappa shape index (κ1) is 15.7. The molecule has 4 atom stereocenters. The van der Waals surface area contributed by atoms with Crippen LogP contribution in [0.5, 0.6) is 0 Å². The summed E-state index contributed by atoms with van der Waals surface area (Å²) in [5.74, 6) is 0.0833. The molecule has 3 heterocycles. The quantitative estimate of drug-likeness (QED) is 0.572. The van der Waals surface area contributed by atoms with E-state index in [1.807, 2.05) is 0 Å². The molecule has 3 rings (SSSR count). The molecular formula is C14H18N4O5. The van der Waals surface area contributed by atoms with E-state index in [2.05, 4.69) is 9.97 Å². The number of aromatic amines is 1. The van der Waals surface area contributed by atoms with Crippen LogP contribution in [0.4, 0.5) is 5.82 Å². The van der Waals surface area contributed by atoms with Crippen LogP contribution < -0.4 is 11.4 Å². The number of anilines is 1. The first-order chi connectivity index (χ1) is 11.1. The largest absolute Gasteiger partial charge is 0.394 e. The van der Waals surface area contributed by atoms with Crippen molar-refractivity contribution in [2.75, 3.05) is 19.5 Å². The second-order valence-electron chi connectivity index (χ2n) is 5.25. The Labute approximate surface area is 131 Å². The van der Waals surface area contributed by atoms with E-state index < -0.39 is 36.8 Å². The highest BCUT2D eigenvalue weighted by Gasteiger charge is 2.45. The third kappa shape index (κ3) is 2.63. The van der Waals surface area contributed by atoms with Gasteiger partial charge in [-0.2, -0.15) is 4.98 Å². The van der Waals surface area contributed by atoms with Gasteiger partial charge in [0.1, 0.15) is 24.1 Å². The summed E-state index contributed by atoms with van der Waals surface area (Å²) in [5.41, 5.74) is 6.41. The summed E-state index contributed by atoms with van der Waals surface area (Å²) in [6.07, 6.45) is -0.413. The molecular weight excluding hydrogens is 304 g/mol. The topological polar surface area (TPSA) is 136 Å². The molecule has 1 aliphatic heterocycles. The predicted octanol–water partition coefficient (Wildman–Crippen LogP) is -0.914. The Morgan fingerprint density at radius 1 is 1.57 bits per heavy atom. The first-order valence-corrected chi connectivity index (χ1v) is 7.06. The number of nitrogen functional groups attached to an aromatic ring is 1. The molecule has 23 heavy (non-hydrogen) atoms. The fourth-order valence-electron chi connectivity index (χ4n) is 2.72. The van der Waals surface area contributed by atoms with Crippen molar-refractivity contribution in [3.05, 3.63) is 35.0 Å². The smallest absolute Gasteiger partial charge is 0.351 e. The van der Waals surface area contributed by atoms with Crippen LogP contribution in [0.1, 0.15) is 6.23 Å². The first-order valence-electron chi connectivity index (χ1n) is 7.06. The average Bonchev–Trinajstić information content (AvgIpc) is 3.15. The Balaban J connectivity index is 2.06. The highest BCUT2D eigenvalue weighted by atomic mass is 16.6.